The van der Waals surface area contributed by atoms with Crippen molar-refractivity contribution in [2.75, 3.05) is 5.33 Å². The lowest BCUT2D eigenvalue weighted by atomic mass is 10.2. The monoisotopic (exact) mass is 271 g/mol. The first-order valence-corrected chi connectivity index (χ1v) is 6.39. The third-order valence-electron chi connectivity index (χ3n) is 1.85. The molecule has 0 amide bonds. The highest BCUT2D eigenvalue weighted by Crippen LogP contribution is 2.11. The van der Waals surface area contributed by atoms with Gasteiger partial charge >= 0.3 is 0 Å². The van der Waals surface area contributed by atoms with Gasteiger partial charge in [0, 0.05) is 23.1 Å². The van der Waals surface area contributed by atoms with Gasteiger partial charge in [0.15, 0.2) is 0 Å². The smallest absolute Gasteiger partial charge is 0.210 e. The maximum Gasteiger partial charge on any atom is 0.210 e. The zero-order valence-electron chi connectivity index (χ0n) is 7.56. The Morgan fingerprint density at radius 3 is 3.14 bits per heavy atom. The first-order chi connectivity index (χ1) is 6.90. The van der Waals surface area contributed by atoms with Crippen LogP contribution in [0.4, 0.5) is 0 Å². The molecule has 74 valence electrons. The quantitative estimate of drug-likeness (QED) is 0.801. The largest absolute Gasteiger partial charge is 0.227 e. The number of nitrogens with zero attached hydrogens (tertiary/aromatic N) is 3. The molecular formula is C9H10BrN3S. The van der Waals surface area contributed by atoms with Crippen molar-refractivity contribution >= 4 is 27.3 Å². The standard InChI is InChI=1S/C9H10BrN3S/c10-3-1-2-8-6-12-13(7-8)9-11-4-5-14-9/h4-7H,1-3H2. The average molecular weight is 272 g/mol. The fourth-order valence-electron chi connectivity index (χ4n) is 1.19. The second kappa shape index (κ2) is 4.70. The molecule has 3 nitrogen and oxygen atoms in total. The number of hydrogen-bond donors (Lipinski definition) is 0. The third kappa shape index (κ3) is 2.22. The summed E-state index contributed by atoms with van der Waals surface area (Å²) < 4.78 is 1.83. The minimum atomic E-state index is 0.926. The van der Waals surface area contributed by atoms with E-state index in [1.54, 1.807) is 17.5 Å². The Labute approximate surface area is 94.9 Å². The minimum Gasteiger partial charge on any atom is -0.227 e. The Kier molecular flexibility index (Phi) is 3.31. The Morgan fingerprint density at radius 1 is 1.50 bits per heavy atom. The molecule has 0 aliphatic heterocycles. The van der Waals surface area contributed by atoms with Gasteiger partial charge in [0.05, 0.1) is 6.20 Å². The van der Waals surface area contributed by atoms with Gasteiger partial charge < -0.3 is 0 Å². The Balaban J connectivity index is 2.10. The van der Waals surface area contributed by atoms with Crippen LogP contribution in [0.5, 0.6) is 0 Å². The van der Waals surface area contributed by atoms with Crippen molar-refractivity contribution in [3.63, 3.8) is 0 Å². The fraction of sp³-hybridized carbons (Fsp3) is 0.333. The molecule has 2 rings (SSSR count). The van der Waals surface area contributed by atoms with E-state index >= 15 is 0 Å². The van der Waals surface area contributed by atoms with Crippen LogP contribution in [0.1, 0.15) is 12.0 Å². The second-order valence-electron chi connectivity index (χ2n) is 2.90. The fourth-order valence-corrected chi connectivity index (χ4v) is 2.05. The molecule has 0 unspecified atom stereocenters. The van der Waals surface area contributed by atoms with E-state index in [4.69, 9.17) is 0 Å². The molecule has 0 bridgehead atoms. The van der Waals surface area contributed by atoms with Crippen molar-refractivity contribution in [3.8, 4) is 5.13 Å². The lowest BCUT2D eigenvalue weighted by molar-refractivity contribution is 0.867. The van der Waals surface area contributed by atoms with Crippen molar-refractivity contribution in [1.29, 1.82) is 0 Å². The summed E-state index contributed by atoms with van der Waals surface area (Å²) in [4.78, 5) is 4.19. The third-order valence-corrected chi connectivity index (χ3v) is 3.17. The van der Waals surface area contributed by atoms with Crippen molar-refractivity contribution in [2.24, 2.45) is 0 Å². The van der Waals surface area contributed by atoms with Crippen LogP contribution < -0.4 is 0 Å². The van der Waals surface area contributed by atoms with Gasteiger partial charge in [-0.1, -0.05) is 15.9 Å². The average Bonchev–Trinajstić information content (AvgIpc) is 2.85. The maximum absolute atomic E-state index is 4.26. The molecule has 0 fully saturated rings. The Hall–Kier alpha value is -0.680. The van der Waals surface area contributed by atoms with Crippen LogP contribution >= 0.6 is 27.3 Å². The molecule has 0 radical (unpaired) electrons. The summed E-state index contributed by atoms with van der Waals surface area (Å²) in [5, 5.41) is 8.18. The summed E-state index contributed by atoms with van der Waals surface area (Å²) in [5.41, 5.74) is 1.26. The zero-order chi connectivity index (χ0) is 9.80. The van der Waals surface area contributed by atoms with Crippen LogP contribution in [0.3, 0.4) is 0 Å². The van der Waals surface area contributed by atoms with Crippen LogP contribution in [0.25, 0.3) is 5.13 Å². The molecular weight excluding hydrogens is 262 g/mol. The number of alkyl halides is 1. The molecule has 0 saturated heterocycles. The van der Waals surface area contributed by atoms with E-state index in [2.05, 4.69) is 26.0 Å². The predicted molar refractivity (Wildman–Crippen MR) is 61.4 cm³/mol. The van der Waals surface area contributed by atoms with Gasteiger partial charge in [-0.05, 0) is 18.4 Å². The van der Waals surface area contributed by atoms with Gasteiger partial charge in [0.2, 0.25) is 5.13 Å². The Morgan fingerprint density at radius 2 is 2.43 bits per heavy atom. The topological polar surface area (TPSA) is 30.7 Å². The minimum absolute atomic E-state index is 0.926. The summed E-state index contributed by atoms with van der Waals surface area (Å²) in [7, 11) is 0. The number of aryl methyl sites for hydroxylation is 1. The lowest BCUT2D eigenvalue weighted by Gasteiger charge is -1.92. The SMILES string of the molecule is BrCCCc1cnn(-c2nccs2)c1. The predicted octanol–water partition coefficient (Wildman–Crippen LogP) is 2.66. The molecule has 0 N–H and O–H groups in total. The number of hydrogen-bond acceptors (Lipinski definition) is 3. The van der Waals surface area contributed by atoms with Crippen LogP contribution in [0.2, 0.25) is 0 Å². The van der Waals surface area contributed by atoms with E-state index in [1.165, 1.54) is 5.56 Å². The van der Waals surface area contributed by atoms with Gasteiger partial charge in [0.25, 0.3) is 0 Å². The van der Waals surface area contributed by atoms with Crippen LogP contribution in [0, 0.1) is 0 Å². The molecule has 0 aliphatic rings. The van der Waals surface area contributed by atoms with Gasteiger partial charge in [-0.15, -0.1) is 11.3 Å². The van der Waals surface area contributed by atoms with E-state index in [0.29, 0.717) is 0 Å². The molecule has 0 saturated carbocycles. The molecule has 14 heavy (non-hydrogen) atoms. The first-order valence-electron chi connectivity index (χ1n) is 4.39. The Bertz CT molecular complexity index is 382. The van der Waals surface area contributed by atoms with Crippen LogP contribution in [-0.2, 0) is 6.42 Å². The lowest BCUT2D eigenvalue weighted by Crippen LogP contribution is -1.92. The summed E-state index contributed by atoms with van der Waals surface area (Å²) in [6.45, 7) is 0. The molecule has 0 spiro atoms. The van der Waals surface area contributed by atoms with E-state index in [-0.39, 0.29) is 0 Å². The highest BCUT2D eigenvalue weighted by molar-refractivity contribution is 9.09. The van der Waals surface area contributed by atoms with E-state index in [1.807, 2.05) is 22.5 Å². The number of thiazole rings is 1. The summed E-state index contributed by atoms with van der Waals surface area (Å²) in [5.74, 6) is 0. The molecule has 2 aromatic rings. The number of aromatic nitrogens is 3. The van der Waals surface area contributed by atoms with E-state index in [9.17, 15) is 0 Å². The molecule has 5 heteroatoms. The first kappa shape index (κ1) is 9.86. The van der Waals surface area contributed by atoms with Gasteiger partial charge in [-0.3, -0.25) is 0 Å². The normalized spacial score (nSPS) is 10.6. The van der Waals surface area contributed by atoms with E-state index in [0.717, 1.165) is 23.3 Å². The zero-order valence-corrected chi connectivity index (χ0v) is 9.96. The van der Waals surface area contributed by atoms with Gasteiger partial charge in [-0.25, -0.2) is 9.67 Å². The van der Waals surface area contributed by atoms with Crippen molar-refractivity contribution in [1.82, 2.24) is 14.8 Å². The van der Waals surface area contributed by atoms with Gasteiger partial charge in [-0.2, -0.15) is 5.10 Å². The maximum atomic E-state index is 4.26. The van der Waals surface area contributed by atoms with Crippen LogP contribution in [0.15, 0.2) is 24.0 Å². The highest BCUT2D eigenvalue weighted by Gasteiger charge is 2.01. The molecule has 0 atom stereocenters. The molecule has 0 aromatic carbocycles. The van der Waals surface area contributed by atoms with Crippen molar-refractivity contribution < 1.29 is 0 Å². The molecule has 2 heterocycles. The summed E-state index contributed by atoms with van der Waals surface area (Å²) in [6, 6.07) is 0. The van der Waals surface area contributed by atoms with Crippen molar-refractivity contribution in [2.45, 2.75) is 12.8 Å². The van der Waals surface area contributed by atoms with Gasteiger partial charge in [0.1, 0.15) is 0 Å². The highest BCUT2D eigenvalue weighted by atomic mass is 79.9. The second-order valence-corrected chi connectivity index (χ2v) is 4.57. The summed E-state index contributed by atoms with van der Waals surface area (Å²) >= 11 is 5.01. The molecule has 0 aliphatic carbocycles. The molecule has 2 aromatic heterocycles. The van der Waals surface area contributed by atoms with Crippen LogP contribution in [-0.4, -0.2) is 20.1 Å². The number of rotatable bonds is 4. The number of halogens is 1. The van der Waals surface area contributed by atoms with E-state index < -0.39 is 0 Å². The summed E-state index contributed by atoms with van der Waals surface area (Å²) in [6.07, 6.45) is 7.95. The van der Waals surface area contributed by atoms with Crippen molar-refractivity contribution in [3.05, 3.63) is 29.5 Å².